The van der Waals surface area contributed by atoms with E-state index in [4.69, 9.17) is 4.74 Å². The minimum Gasteiger partial charge on any atom is -0.473 e. The van der Waals surface area contributed by atoms with E-state index in [9.17, 15) is 5.11 Å². The zero-order valence-corrected chi connectivity index (χ0v) is 14.8. The molecule has 2 aliphatic rings. The van der Waals surface area contributed by atoms with Crippen LogP contribution in [-0.2, 0) is 4.74 Å². The van der Waals surface area contributed by atoms with Crippen LogP contribution in [-0.4, -0.2) is 11.2 Å². The summed E-state index contributed by atoms with van der Waals surface area (Å²) in [5.41, 5.74) is 2.57. The smallest absolute Gasteiger partial charge is 0.0894 e. The van der Waals surface area contributed by atoms with Gasteiger partial charge in [-0.1, -0.05) is 25.5 Å². The molecule has 0 aromatic rings. The Kier molecular flexibility index (Phi) is 5.55. The third-order valence-electron chi connectivity index (χ3n) is 5.68. The highest BCUT2D eigenvalue weighted by atomic mass is 16.5. The van der Waals surface area contributed by atoms with Crippen LogP contribution in [0.1, 0.15) is 60.3 Å². The molecule has 0 unspecified atom stereocenters. The fraction of sp³-hybridized carbons (Fsp3) is 0.700. The molecule has 1 N–H and O–H groups in total. The third-order valence-corrected chi connectivity index (χ3v) is 5.68. The molecule has 0 spiro atoms. The summed E-state index contributed by atoms with van der Waals surface area (Å²) in [6, 6.07) is 0. The van der Waals surface area contributed by atoms with Gasteiger partial charge in [-0.05, 0) is 75.4 Å². The number of aliphatic hydroxyl groups is 1. The van der Waals surface area contributed by atoms with Gasteiger partial charge in [-0.2, -0.15) is 0 Å². The van der Waals surface area contributed by atoms with Gasteiger partial charge in [0, 0.05) is 5.92 Å². The topological polar surface area (TPSA) is 29.5 Å². The van der Waals surface area contributed by atoms with Crippen molar-refractivity contribution in [3.8, 4) is 0 Å². The van der Waals surface area contributed by atoms with Crippen molar-refractivity contribution in [2.24, 2.45) is 23.2 Å². The van der Waals surface area contributed by atoms with E-state index in [1.54, 1.807) is 6.26 Å². The summed E-state index contributed by atoms with van der Waals surface area (Å²) in [6.45, 7) is 11.0. The average molecular weight is 304 g/mol. The quantitative estimate of drug-likeness (QED) is 0.722. The van der Waals surface area contributed by atoms with Gasteiger partial charge in [-0.15, -0.1) is 0 Å². The Bertz CT molecular complexity index is 470. The zero-order valence-electron chi connectivity index (χ0n) is 14.8. The van der Waals surface area contributed by atoms with Gasteiger partial charge in [0.25, 0.3) is 0 Å². The molecule has 1 aliphatic carbocycles. The van der Waals surface area contributed by atoms with Gasteiger partial charge in [0.1, 0.15) is 0 Å². The van der Waals surface area contributed by atoms with E-state index >= 15 is 0 Å². The van der Waals surface area contributed by atoms with E-state index in [2.05, 4.69) is 46.8 Å². The zero-order chi connectivity index (χ0) is 16.3. The summed E-state index contributed by atoms with van der Waals surface area (Å²) in [5.74, 6) is 1.12. The highest BCUT2D eigenvalue weighted by Crippen LogP contribution is 2.50. The first-order valence-electron chi connectivity index (χ1n) is 8.66. The normalized spacial score (nSPS) is 35.7. The van der Waals surface area contributed by atoms with Crippen molar-refractivity contribution in [3.05, 3.63) is 35.8 Å². The van der Waals surface area contributed by atoms with Gasteiger partial charge in [-0.3, -0.25) is 0 Å². The summed E-state index contributed by atoms with van der Waals surface area (Å²) >= 11 is 0. The first-order valence-corrected chi connectivity index (χ1v) is 8.66. The van der Waals surface area contributed by atoms with Crippen LogP contribution in [0, 0.1) is 23.2 Å². The predicted molar refractivity (Wildman–Crippen MR) is 92.1 cm³/mol. The second-order valence-electron chi connectivity index (χ2n) is 7.81. The monoisotopic (exact) mass is 304 g/mol. The lowest BCUT2D eigenvalue weighted by Crippen LogP contribution is -2.46. The molecule has 1 saturated carbocycles. The molecule has 0 saturated heterocycles. The van der Waals surface area contributed by atoms with Gasteiger partial charge in [0.15, 0.2) is 0 Å². The van der Waals surface area contributed by atoms with Gasteiger partial charge < -0.3 is 9.84 Å². The second kappa shape index (κ2) is 7.04. The standard InChI is InChI=1S/C20H32O2/c1-14(2)7-6-8-15(3)17-9-10-20(5)11-12-22-13-16(4)18(20)19(17)21/h7,11-13,15,17-19,21H,6,8-10H2,1-5H3/t15-,17+,18+,19-,20+/m1/s1. The fourth-order valence-corrected chi connectivity index (χ4v) is 4.30. The Morgan fingerprint density at radius 2 is 2.23 bits per heavy atom. The van der Waals surface area contributed by atoms with Crippen LogP contribution in [0.2, 0.25) is 0 Å². The SMILES string of the molecule is CC(C)=CCC[C@@H](C)[C@@H]1CC[C@@]2(C)C=COC=C(C)[C@H]2[C@@H]1O. The van der Waals surface area contributed by atoms with E-state index in [-0.39, 0.29) is 17.4 Å². The van der Waals surface area contributed by atoms with Crippen molar-refractivity contribution in [2.75, 3.05) is 0 Å². The minimum atomic E-state index is -0.275. The lowest BCUT2D eigenvalue weighted by atomic mass is 9.58. The maximum atomic E-state index is 11.1. The van der Waals surface area contributed by atoms with Crippen LogP contribution < -0.4 is 0 Å². The average Bonchev–Trinajstić information content (AvgIpc) is 2.57. The van der Waals surface area contributed by atoms with Crippen LogP contribution in [0.4, 0.5) is 0 Å². The predicted octanol–water partition coefficient (Wildman–Crippen LogP) is 5.21. The highest BCUT2D eigenvalue weighted by Gasteiger charge is 2.47. The van der Waals surface area contributed by atoms with Crippen LogP contribution >= 0.6 is 0 Å². The van der Waals surface area contributed by atoms with E-state index < -0.39 is 0 Å². The van der Waals surface area contributed by atoms with Crippen molar-refractivity contribution < 1.29 is 9.84 Å². The van der Waals surface area contributed by atoms with E-state index in [0.29, 0.717) is 11.8 Å². The first-order chi connectivity index (χ1) is 10.3. The Labute approximate surface area is 136 Å². The Morgan fingerprint density at radius 3 is 2.91 bits per heavy atom. The maximum Gasteiger partial charge on any atom is 0.0894 e. The maximum absolute atomic E-state index is 11.1. The van der Waals surface area contributed by atoms with E-state index in [0.717, 1.165) is 25.7 Å². The Hall–Kier alpha value is -1.02. The number of ether oxygens (including phenoxy) is 1. The number of allylic oxidation sites excluding steroid dienone is 3. The van der Waals surface area contributed by atoms with Crippen molar-refractivity contribution in [1.82, 2.24) is 0 Å². The number of hydrogen-bond acceptors (Lipinski definition) is 2. The molecular weight excluding hydrogens is 272 g/mol. The summed E-state index contributed by atoms with van der Waals surface area (Å²) in [6.07, 6.45) is 12.3. The van der Waals surface area contributed by atoms with Crippen LogP contribution in [0.25, 0.3) is 0 Å². The Morgan fingerprint density at radius 1 is 1.50 bits per heavy atom. The molecule has 0 radical (unpaired) electrons. The lowest BCUT2D eigenvalue weighted by Gasteiger charge is -2.47. The molecular formula is C20H32O2. The molecule has 124 valence electrons. The van der Waals surface area contributed by atoms with E-state index in [1.165, 1.54) is 11.1 Å². The summed E-state index contributed by atoms with van der Waals surface area (Å²) in [4.78, 5) is 0. The molecule has 0 bridgehead atoms. The third kappa shape index (κ3) is 3.65. The van der Waals surface area contributed by atoms with Gasteiger partial charge in [0.2, 0.25) is 0 Å². The number of aliphatic hydroxyl groups excluding tert-OH is 1. The largest absolute Gasteiger partial charge is 0.473 e. The van der Waals surface area contributed by atoms with Crippen LogP contribution in [0.15, 0.2) is 35.8 Å². The number of rotatable bonds is 4. The molecule has 1 fully saturated rings. The summed E-state index contributed by atoms with van der Waals surface area (Å²) < 4.78 is 5.44. The fourth-order valence-electron chi connectivity index (χ4n) is 4.30. The van der Waals surface area contributed by atoms with Crippen molar-refractivity contribution in [2.45, 2.75) is 66.4 Å². The van der Waals surface area contributed by atoms with Gasteiger partial charge >= 0.3 is 0 Å². The van der Waals surface area contributed by atoms with Crippen molar-refractivity contribution >= 4 is 0 Å². The molecule has 1 heterocycles. The summed E-state index contributed by atoms with van der Waals surface area (Å²) in [7, 11) is 0. The molecule has 0 amide bonds. The summed E-state index contributed by atoms with van der Waals surface area (Å²) in [5, 5.41) is 11.1. The molecule has 2 heteroatoms. The molecule has 22 heavy (non-hydrogen) atoms. The molecule has 5 atom stereocenters. The highest BCUT2D eigenvalue weighted by molar-refractivity contribution is 5.19. The van der Waals surface area contributed by atoms with Crippen molar-refractivity contribution in [1.29, 1.82) is 0 Å². The second-order valence-corrected chi connectivity index (χ2v) is 7.81. The Balaban J connectivity index is 2.11. The molecule has 0 aromatic carbocycles. The number of hydrogen-bond donors (Lipinski definition) is 1. The van der Waals surface area contributed by atoms with Gasteiger partial charge in [-0.25, -0.2) is 0 Å². The van der Waals surface area contributed by atoms with Crippen LogP contribution in [0.3, 0.4) is 0 Å². The molecule has 2 rings (SSSR count). The molecule has 1 aliphatic heterocycles. The minimum absolute atomic E-state index is 0.0205. The lowest BCUT2D eigenvalue weighted by molar-refractivity contribution is -0.0402. The molecule has 2 nitrogen and oxygen atoms in total. The molecule has 0 aromatic heterocycles. The first kappa shape index (κ1) is 17.3. The number of fused-ring (bicyclic) bond motifs is 1. The van der Waals surface area contributed by atoms with E-state index in [1.807, 2.05) is 6.26 Å². The van der Waals surface area contributed by atoms with Crippen molar-refractivity contribution in [3.63, 3.8) is 0 Å². The van der Waals surface area contributed by atoms with Crippen LogP contribution in [0.5, 0.6) is 0 Å². The van der Waals surface area contributed by atoms with Gasteiger partial charge in [0.05, 0.1) is 18.6 Å².